The summed E-state index contributed by atoms with van der Waals surface area (Å²) in [7, 11) is -2.47. The highest BCUT2D eigenvalue weighted by Gasteiger charge is 2.60. The number of sulfonamides is 1. The molecule has 0 spiro atoms. The number of carbonyl (C=O) groups excluding carboxylic acids is 2. The number of halogens is 7. The first-order valence-electron chi connectivity index (χ1n) is 15.8. The Morgan fingerprint density at radius 2 is 1.48 bits per heavy atom. The van der Waals surface area contributed by atoms with E-state index in [2.05, 4.69) is 4.74 Å². The Morgan fingerprint density at radius 1 is 0.904 bits per heavy atom. The molecule has 1 saturated heterocycles. The van der Waals surface area contributed by atoms with Gasteiger partial charge in [-0.15, -0.1) is 11.6 Å². The number of rotatable bonds is 14. The first-order chi connectivity index (χ1) is 24.0. The highest BCUT2D eigenvalue weighted by Crippen LogP contribution is 2.37. The molecule has 0 radical (unpaired) electrons. The smallest absolute Gasteiger partial charge is 0.434 e. The second-order valence-corrected chi connectivity index (χ2v) is 15.0. The molecular weight excluding hydrogens is 750 g/mol. The molecule has 0 saturated carbocycles. The minimum atomic E-state index is -5.85. The summed E-state index contributed by atoms with van der Waals surface area (Å²) < 4.78 is 118. The van der Waals surface area contributed by atoms with Crippen molar-refractivity contribution in [2.24, 2.45) is 0 Å². The molecule has 1 aliphatic rings. The molecule has 0 bridgehead atoms. The van der Waals surface area contributed by atoms with Crippen LogP contribution in [0.4, 0.5) is 36.8 Å². The van der Waals surface area contributed by atoms with Crippen molar-refractivity contribution in [1.29, 1.82) is 0 Å². The molecule has 3 rings (SSSR count). The van der Waals surface area contributed by atoms with E-state index >= 15 is 0 Å². The molecule has 0 aromatic heterocycles. The third kappa shape index (κ3) is 12.9. The number of anilines is 1. The highest BCUT2D eigenvalue weighted by molar-refractivity contribution is 7.88. The second-order valence-electron chi connectivity index (χ2n) is 12.7. The summed E-state index contributed by atoms with van der Waals surface area (Å²) in [4.78, 5) is 34.2. The Labute approximate surface area is 303 Å². The molecule has 20 heteroatoms. The van der Waals surface area contributed by atoms with Crippen LogP contribution in [0.2, 0.25) is 0 Å². The van der Waals surface area contributed by atoms with E-state index in [0.717, 1.165) is 16.7 Å². The number of hydrogen-bond donors (Lipinski definition) is 0. The summed E-state index contributed by atoms with van der Waals surface area (Å²) in [6, 6.07) is 14.0. The van der Waals surface area contributed by atoms with E-state index in [0.29, 0.717) is 21.5 Å². The van der Waals surface area contributed by atoms with Crippen molar-refractivity contribution in [2.45, 2.75) is 56.9 Å². The number of para-hydroxylation sites is 1. The van der Waals surface area contributed by atoms with E-state index in [9.17, 15) is 44.3 Å². The minimum absolute atomic E-state index is 0.0211. The van der Waals surface area contributed by atoms with Crippen molar-refractivity contribution in [2.75, 3.05) is 64.1 Å². The number of hydrogen-bond acceptors (Lipinski definition) is 10. The number of alkyl halides is 7. The second kappa shape index (κ2) is 17.5. The molecule has 1 amide bonds. The number of benzene rings is 2. The monoisotopic (exact) mass is 790 g/mol. The first kappa shape index (κ1) is 42.9. The summed E-state index contributed by atoms with van der Waals surface area (Å²) in [5.74, 6) is -0.175. The zero-order valence-corrected chi connectivity index (χ0v) is 30.6. The quantitative estimate of drug-likeness (QED) is 0.0774. The van der Waals surface area contributed by atoms with Gasteiger partial charge in [-0.3, -0.25) is 9.74 Å². The molecular formula is C32H41ClF6N4O8S. The van der Waals surface area contributed by atoms with Crippen LogP contribution in [0.5, 0.6) is 5.75 Å². The molecule has 1 atom stereocenters. The van der Waals surface area contributed by atoms with Gasteiger partial charge in [0.05, 0.1) is 19.9 Å². The minimum Gasteiger partial charge on any atom is -0.497 e. The fourth-order valence-electron chi connectivity index (χ4n) is 5.06. The lowest BCUT2D eigenvalue weighted by Gasteiger charge is -2.38. The van der Waals surface area contributed by atoms with E-state index in [1.165, 1.54) is 7.11 Å². The van der Waals surface area contributed by atoms with Crippen LogP contribution in [0.3, 0.4) is 0 Å². The fraction of sp³-hybridized carbons (Fsp3) is 0.562. The Kier molecular flexibility index (Phi) is 14.5. The number of amides is 1. The van der Waals surface area contributed by atoms with E-state index in [-0.39, 0.29) is 45.8 Å². The number of hydroxylamine groups is 1. The first-order valence-corrected chi connectivity index (χ1v) is 18.0. The van der Waals surface area contributed by atoms with Gasteiger partial charge in [-0.05, 0) is 44.5 Å². The normalized spacial score (nSPS) is 15.5. The fourth-order valence-corrected chi connectivity index (χ4v) is 6.10. The number of piperazine rings is 1. The molecule has 1 fully saturated rings. The predicted octanol–water partition coefficient (Wildman–Crippen LogP) is 5.72. The molecule has 1 aliphatic heterocycles. The van der Waals surface area contributed by atoms with Gasteiger partial charge in [0.2, 0.25) is 10.0 Å². The van der Waals surface area contributed by atoms with Gasteiger partial charge in [0.15, 0.2) is 6.61 Å². The van der Waals surface area contributed by atoms with E-state index in [1.807, 2.05) is 4.90 Å². The molecule has 1 heterocycles. The maximum Gasteiger partial charge on any atom is 0.434 e. The molecule has 2 aromatic rings. The molecule has 0 aliphatic carbocycles. The standard InChI is InChI=1S/C32H41ClF6N4O8S/c1-30(2,3)51-26(44)21-49-43(52(5,46)47)19-18-42(20-22-10-12-23(48-4)13-11-22)25-9-7-6-8-24(25)27(33)40-14-16-41(17-15-40)29(45)50-28(31(34,35)36)32(37,38)39/h6-13,27-28H,14-21H2,1-5H3. The van der Waals surface area contributed by atoms with Gasteiger partial charge in [-0.1, -0.05) is 34.8 Å². The van der Waals surface area contributed by atoms with Crippen LogP contribution in [0.25, 0.3) is 0 Å². The Morgan fingerprint density at radius 3 is 2.00 bits per heavy atom. The summed E-state index contributed by atoms with van der Waals surface area (Å²) in [6.07, 6.45) is -16.8. The van der Waals surface area contributed by atoms with Crippen molar-refractivity contribution < 1.29 is 63.4 Å². The molecule has 0 N–H and O–H groups in total. The van der Waals surface area contributed by atoms with Crippen LogP contribution in [-0.4, -0.2) is 118 Å². The predicted molar refractivity (Wildman–Crippen MR) is 178 cm³/mol. The topological polar surface area (TPSA) is 118 Å². The largest absolute Gasteiger partial charge is 0.497 e. The number of ether oxygens (including phenoxy) is 3. The molecule has 292 valence electrons. The molecule has 12 nitrogen and oxygen atoms in total. The van der Waals surface area contributed by atoms with Gasteiger partial charge in [-0.25, -0.2) is 18.0 Å². The van der Waals surface area contributed by atoms with Gasteiger partial charge in [0.25, 0.3) is 6.10 Å². The highest BCUT2D eigenvalue weighted by atomic mass is 35.5. The van der Waals surface area contributed by atoms with E-state index < -0.39 is 58.3 Å². The van der Waals surface area contributed by atoms with Crippen molar-refractivity contribution in [3.05, 3.63) is 59.7 Å². The summed E-state index contributed by atoms with van der Waals surface area (Å²) in [6.45, 7) is 3.68. The third-order valence-corrected chi connectivity index (χ3v) is 8.98. The number of carbonyl (C=O) groups is 2. The van der Waals surface area contributed by atoms with Gasteiger partial charge in [-0.2, -0.15) is 26.3 Å². The van der Waals surface area contributed by atoms with E-state index in [1.54, 1.807) is 74.2 Å². The van der Waals surface area contributed by atoms with Crippen molar-refractivity contribution in [3.8, 4) is 5.75 Å². The number of esters is 1. The Bertz CT molecular complexity index is 1590. The molecule has 2 aromatic carbocycles. The summed E-state index contributed by atoms with van der Waals surface area (Å²) in [5, 5.41) is 0. The van der Waals surface area contributed by atoms with Gasteiger partial charge < -0.3 is 24.0 Å². The zero-order valence-electron chi connectivity index (χ0n) is 29.0. The lowest BCUT2D eigenvalue weighted by molar-refractivity contribution is -0.308. The van der Waals surface area contributed by atoms with Crippen LogP contribution in [0.1, 0.15) is 37.4 Å². The Hall–Kier alpha value is -3.52. The van der Waals surface area contributed by atoms with Crippen molar-refractivity contribution in [3.63, 3.8) is 0 Å². The Balaban J connectivity index is 1.82. The van der Waals surface area contributed by atoms with Gasteiger partial charge in [0, 0.05) is 50.5 Å². The number of methoxy groups -OCH3 is 1. The van der Waals surface area contributed by atoms with Crippen LogP contribution in [0.15, 0.2) is 48.5 Å². The SMILES string of the molecule is COc1ccc(CN(CCN(OCC(=O)OC(C)(C)C)S(C)(=O)=O)c2ccccc2C(Cl)N2CCN(C(=O)OC(C(F)(F)F)C(F)(F)F)CC2)cc1. The lowest BCUT2D eigenvalue weighted by Crippen LogP contribution is -2.52. The maximum absolute atomic E-state index is 12.9. The average molecular weight is 791 g/mol. The summed E-state index contributed by atoms with van der Waals surface area (Å²) >= 11 is 6.95. The maximum atomic E-state index is 12.9. The lowest BCUT2D eigenvalue weighted by atomic mass is 10.1. The van der Waals surface area contributed by atoms with Crippen LogP contribution in [-0.2, 0) is 35.7 Å². The van der Waals surface area contributed by atoms with Crippen molar-refractivity contribution in [1.82, 2.24) is 14.3 Å². The zero-order chi connectivity index (χ0) is 39.1. The molecule has 52 heavy (non-hydrogen) atoms. The number of nitrogens with zero attached hydrogens (tertiary/aromatic N) is 4. The van der Waals surface area contributed by atoms with Crippen LogP contribution in [0, 0.1) is 0 Å². The van der Waals surface area contributed by atoms with Crippen LogP contribution < -0.4 is 9.64 Å². The van der Waals surface area contributed by atoms with Crippen molar-refractivity contribution >= 4 is 39.4 Å². The van der Waals surface area contributed by atoms with Gasteiger partial charge >= 0.3 is 24.4 Å². The van der Waals surface area contributed by atoms with E-state index in [4.69, 9.17) is 25.9 Å². The average Bonchev–Trinajstić information content (AvgIpc) is 3.04. The molecule has 1 unspecified atom stereocenters. The summed E-state index contributed by atoms with van der Waals surface area (Å²) in [5.41, 5.74) is 0.153. The third-order valence-electron chi connectivity index (χ3n) is 7.44. The van der Waals surface area contributed by atoms with Crippen LogP contribution >= 0.6 is 11.6 Å². The van der Waals surface area contributed by atoms with Gasteiger partial charge in [0.1, 0.15) is 16.9 Å².